The highest BCUT2D eigenvalue weighted by Crippen LogP contribution is 2.27. The molecule has 6 heteroatoms. The summed E-state index contributed by atoms with van der Waals surface area (Å²) in [5.41, 5.74) is 0.795. The topological polar surface area (TPSA) is 44.1 Å². The Morgan fingerprint density at radius 1 is 1.50 bits per heavy atom. The van der Waals surface area contributed by atoms with E-state index in [-0.39, 0.29) is 5.78 Å². The zero-order chi connectivity index (χ0) is 13.3. The van der Waals surface area contributed by atoms with Gasteiger partial charge in [0.2, 0.25) is 5.78 Å². The maximum absolute atomic E-state index is 12.4. The molecule has 0 atom stereocenters. The van der Waals surface area contributed by atoms with Crippen molar-refractivity contribution in [2.24, 2.45) is 7.05 Å². The predicted octanol–water partition coefficient (Wildman–Crippen LogP) is 3.08. The lowest BCUT2D eigenvalue weighted by atomic mass is 10.1. The summed E-state index contributed by atoms with van der Waals surface area (Å²) in [6.45, 7) is 0. The molecule has 18 heavy (non-hydrogen) atoms. The van der Waals surface area contributed by atoms with Crippen molar-refractivity contribution < 1.29 is 9.53 Å². The number of methoxy groups -OCH3 is 1. The van der Waals surface area contributed by atoms with E-state index in [0.717, 1.165) is 4.47 Å². The number of aryl methyl sites for hydroxylation is 1. The van der Waals surface area contributed by atoms with Crippen LogP contribution in [-0.2, 0) is 7.05 Å². The van der Waals surface area contributed by atoms with Gasteiger partial charge in [-0.25, -0.2) is 0 Å². The van der Waals surface area contributed by atoms with E-state index in [1.54, 1.807) is 25.2 Å². The second kappa shape index (κ2) is 5.12. The molecule has 4 nitrogen and oxygen atoms in total. The summed E-state index contributed by atoms with van der Waals surface area (Å²) in [7, 11) is 3.19. The molecule has 1 heterocycles. The Labute approximate surface area is 118 Å². The molecule has 1 aromatic carbocycles. The Bertz CT molecular complexity index is 591. The molecule has 0 aliphatic heterocycles. The van der Waals surface area contributed by atoms with Crippen LogP contribution >= 0.6 is 27.5 Å². The molecule has 0 fully saturated rings. The van der Waals surface area contributed by atoms with Crippen LogP contribution in [0.5, 0.6) is 5.75 Å². The molecular formula is C12H10BrClN2O2. The first-order chi connectivity index (χ1) is 8.54. The van der Waals surface area contributed by atoms with E-state index >= 15 is 0 Å². The van der Waals surface area contributed by atoms with E-state index in [0.29, 0.717) is 22.0 Å². The van der Waals surface area contributed by atoms with Gasteiger partial charge in [-0.2, -0.15) is 5.10 Å². The second-order valence-corrected chi connectivity index (χ2v) is 4.96. The van der Waals surface area contributed by atoms with Crippen LogP contribution in [0.1, 0.15) is 16.1 Å². The Morgan fingerprint density at radius 2 is 2.22 bits per heavy atom. The lowest BCUT2D eigenvalue weighted by molar-refractivity contribution is 0.102. The largest absolute Gasteiger partial charge is 0.496 e. The first-order valence-corrected chi connectivity index (χ1v) is 6.27. The molecule has 0 aliphatic rings. The molecule has 0 saturated heterocycles. The summed E-state index contributed by atoms with van der Waals surface area (Å²) >= 11 is 9.29. The number of hydrogen-bond donors (Lipinski definition) is 0. The van der Waals surface area contributed by atoms with Gasteiger partial charge >= 0.3 is 0 Å². The van der Waals surface area contributed by atoms with E-state index in [4.69, 9.17) is 16.3 Å². The van der Waals surface area contributed by atoms with E-state index in [2.05, 4.69) is 21.0 Å². The van der Waals surface area contributed by atoms with Gasteiger partial charge in [0.15, 0.2) is 0 Å². The zero-order valence-electron chi connectivity index (χ0n) is 9.78. The number of carbonyl (C=O) groups is 1. The quantitative estimate of drug-likeness (QED) is 0.813. The monoisotopic (exact) mass is 328 g/mol. The summed E-state index contributed by atoms with van der Waals surface area (Å²) in [4.78, 5) is 12.4. The van der Waals surface area contributed by atoms with E-state index in [9.17, 15) is 4.79 Å². The molecule has 0 N–H and O–H groups in total. The summed E-state index contributed by atoms with van der Waals surface area (Å²) in [5, 5.41) is 4.28. The fourth-order valence-corrected chi connectivity index (χ4v) is 2.24. The lowest BCUT2D eigenvalue weighted by Gasteiger charge is -2.08. The number of halogens is 2. The molecule has 2 aromatic rings. The number of rotatable bonds is 3. The van der Waals surface area contributed by atoms with Crippen LogP contribution in [0.25, 0.3) is 0 Å². The normalized spacial score (nSPS) is 10.4. The fourth-order valence-electron chi connectivity index (χ4n) is 1.65. The molecule has 0 spiro atoms. The van der Waals surface area contributed by atoms with Crippen molar-refractivity contribution in [1.82, 2.24) is 9.78 Å². The minimum Gasteiger partial charge on any atom is -0.496 e. The first-order valence-electron chi connectivity index (χ1n) is 5.10. The number of carbonyl (C=O) groups excluding carboxylic acids is 1. The highest BCUT2D eigenvalue weighted by atomic mass is 79.9. The molecule has 0 unspecified atom stereocenters. The summed E-state index contributed by atoms with van der Waals surface area (Å²) in [6.07, 6.45) is 1.44. The van der Waals surface area contributed by atoms with Crippen molar-refractivity contribution in [3.05, 3.63) is 45.1 Å². The van der Waals surface area contributed by atoms with Crippen LogP contribution in [-0.4, -0.2) is 22.7 Å². The average Bonchev–Trinajstić information content (AvgIpc) is 2.68. The summed E-state index contributed by atoms with van der Waals surface area (Å²) in [5.74, 6) is 0.274. The van der Waals surface area contributed by atoms with Crippen molar-refractivity contribution in [3.8, 4) is 5.75 Å². The Balaban J connectivity index is 2.53. The number of ether oxygens (including phenoxy) is 1. The van der Waals surface area contributed by atoms with Crippen LogP contribution in [0.3, 0.4) is 0 Å². The van der Waals surface area contributed by atoms with Gasteiger partial charge in [0.05, 0.1) is 23.9 Å². The molecular weight excluding hydrogens is 320 g/mol. The standard InChI is InChI=1S/C12H10BrClN2O2/c1-16-11(9(14)6-15-16)12(17)8-4-3-7(13)5-10(8)18-2/h3-6H,1-2H3. The summed E-state index contributed by atoms with van der Waals surface area (Å²) in [6, 6.07) is 5.20. The van der Waals surface area contributed by atoms with Gasteiger partial charge < -0.3 is 4.74 Å². The smallest absolute Gasteiger partial charge is 0.216 e. The number of nitrogens with zero attached hydrogens (tertiary/aromatic N) is 2. The third-order valence-corrected chi connectivity index (χ3v) is 3.29. The van der Waals surface area contributed by atoms with Gasteiger partial charge in [-0.1, -0.05) is 27.5 Å². The maximum Gasteiger partial charge on any atom is 0.216 e. The van der Waals surface area contributed by atoms with Crippen LogP contribution in [0, 0.1) is 0 Å². The Hall–Kier alpha value is -1.33. The first kappa shape index (κ1) is 13.1. The summed E-state index contributed by atoms with van der Waals surface area (Å²) < 4.78 is 7.49. The molecule has 94 valence electrons. The third kappa shape index (κ3) is 2.28. The van der Waals surface area contributed by atoms with E-state index < -0.39 is 0 Å². The van der Waals surface area contributed by atoms with Gasteiger partial charge in [-0.3, -0.25) is 9.48 Å². The Kier molecular flexibility index (Phi) is 3.73. The molecule has 0 amide bonds. The Morgan fingerprint density at radius 3 is 2.78 bits per heavy atom. The second-order valence-electron chi connectivity index (χ2n) is 3.64. The van der Waals surface area contributed by atoms with Gasteiger partial charge in [0, 0.05) is 11.5 Å². The highest BCUT2D eigenvalue weighted by molar-refractivity contribution is 9.10. The van der Waals surface area contributed by atoms with Gasteiger partial charge in [-0.05, 0) is 18.2 Å². The van der Waals surface area contributed by atoms with Crippen LogP contribution in [0.4, 0.5) is 0 Å². The van der Waals surface area contributed by atoms with Crippen molar-refractivity contribution >= 4 is 33.3 Å². The van der Waals surface area contributed by atoms with Gasteiger partial charge in [0.25, 0.3) is 0 Å². The van der Waals surface area contributed by atoms with Crippen molar-refractivity contribution in [2.75, 3.05) is 7.11 Å². The number of hydrogen-bond acceptors (Lipinski definition) is 3. The molecule has 0 bridgehead atoms. The van der Waals surface area contributed by atoms with Gasteiger partial charge in [-0.15, -0.1) is 0 Å². The van der Waals surface area contributed by atoms with Crippen LogP contribution < -0.4 is 4.74 Å². The molecule has 0 aliphatic carbocycles. The minimum atomic E-state index is -0.218. The molecule has 0 saturated carbocycles. The lowest BCUT2D eigenvalue weighted by Crippen LogP contribution is -2.10. The predicted molar refractivity (Wildman–Crippen MR) is 72.3 cm³/mol. The molecule has 2 rings (SSSR count). The fraction of sp³-hybridized carbons (Fsp3) is 0.167. The maximum atomic E-state index is 12.4. The molecule has 0 radical (unpaired) electrons. The highest BCUT2D eigenvalue weighted by Gasteiger charge is 2.20. The SMILES string of the molecule is COc1cc(Br)ccc1C(=O)c1c(Cl)cnn1C. The zero-order valence-corrected chi connectivity index (χ0v) is 12.1. The van der Waals surface area contributed by atoms with Crippen molar-refractivity contribution in [1.29, 1.82) is 0 Å². The number of benzene rings is 1. The van der Waals surface area contributed by atoms with Gasteiger partial charge in [0.1, 0.15) is 11.4 Å². The van der Waals surface area contributed by atoms with E-state index in [1.165, 1.54) is 18.0 Å². The third-order valence-electron chi connectivity index (χ3n) is 2.52. The molecule has 1 aromatic heterocycles. The number of aromatic nitrogens is 2. The average molecular weight is 330 g/mol. The van der Waals surface area contributed by atoms with E-state index in [1.807, 2.05) is 0 Å². The minimum absolute atomic E-state index is 0.218. The number of ketones is 1. The van der Waals surface area contributed by atoms with Crippen molar-refractivity contribution in [2.45, 2.75) is 0 Å². The van der Waals surface area contributed by atoms with Crippen LogP contribution in [0.15, 0.2) is 28.9 Å². The van der Waals surface area contributed by atoms with Crippen LogP contribution in [0.2, 0.25) is 5.02 Å². The van der Waals surface area contributed by atoms with Crippen molar-refractivity contribution in [3.63, 3.8) is 0 Å².